The Kier molecular flexibility index (Phi) is 4.49. The zero-order valence-corrected chi connectivity index (χ0v) is 11.4. The molecule has 1 atom stereocenters. The van der Waals surface area contributed by atoms with Crippen LogP contribution in [-0.2, 0) is 13.0 Å². The molecule has 1 aromatic carbocycles. The zero-order valence-electron chi connectivity index (χ0n) is 10.6. The molecule has 0 bridgehead atoms. The van der Waals surface area contributed by atoms with Gasteiger partial charge in [0.05, 0.1) is 6.54 Å². The zero-order chi connectivity index (χ0) is 12.1. The van der Waals surface area contributed by atoms with Crippen molar-refractivity contribution >= 4 is 16.9 Å². The first-order valence-corrected chi connectivity index (χ1v) is 7.32. The van der Waals surface area contributed by atoms with Crippen LogP contribution in [0.25, 0.3) is 0 Å². The fraction of sp³-hybridized carbons (Fsp3) is 0.500. The lowest BCUT2D eigenvalue weighted by molar-refractivity contribution is 0.667. The lowest BCUT2D eigenvalue weighted by Gasteiger charge is -2.05. The van der Waals surface area contributed by atoms with Crippen LogP contribution in [0.3, 0.4) is 0 Å². The molecule has 1 aromatic rings. The third kappa shape index (κ3) is 3.50. The second kappa shape index (κ2) is 6.10. The summed E-state index contributed by atoms with van der Waals surface area (Å²) in [4.78, 5) is 4.62. The molecule has 1 heterocycles. The van der Waals surface area contributed by atoms with Crippen LogP contribution >= 0.6 is 11.8 Å². The first-order chi connectivity index (χ1) is 8.31. The largest absolute Gasteiger partial charge is 0.361 e. The Bertz CT molecular complexity index is 384. The van der Waals surface area contributed by atoms with Gasteiger partial charge in [0, 0.05) is 11.8 Å². The van der Waals surface area contributed by atoms with E-state index in [-0.39, 0.29) is 0 Å². The summed E-state index contributed by atoms with van der Waals surface area (Å²) in [5.41, 5.74) is 2.68. The Labute approximate surface area is 108 Å². The van der Waals surface area contributed by atoms with Gasteiger partial charge in [-0.2, -0.15) is 0 Å². The van der Waals surface area contributed by atoms with Crippen LogP contribution in [-0.4, -0.2) is 17.0 Å². The molecule has 1 fully saturated rings. The molecule has 1 saturated heterocycles. The molecule has 2 nitrogen and oxygen atoms in total. The van der Waals surface area contributed by atoms with Gasteiger partial charge in [-0.25, -0.2) is 0 Å². The summed E-state index contributed by atoms with van der Waals surface area (Å²) in [6.45, 7) is 5.18. The van der Waals surface area contributed by atoms with Crippen LogP contribution in [0.15, 0.2) is 29.3 Å². The van der Waals surface area contributed by atoms with Gasteiger partial charge in [-0.1, -0.05) is 49.9 Å². The van der Waals surface area contributed by atoms with Crippen LogP contribution in [0.4, 0.5) is 0 Å². The van der Waals surface area contributed by atoms with E-state index >= 15 is 0 Å². The van der Waals surface area contributed by atoms with E-state index in [1.54, 1.807) is 0 Å². The molecule has 92 valence electrons. The fourth-order valence-electron chi connectivity index (χ4n) is 1.79. The second-order valence-electron chi connectivity index (χ2n) is 4.35. The number of amidine groups is 1. The molecular weight excluding hydrogens is 228 g/mol. The molecule has 17 heavy (non-hydrogen) atoms. The van der Waals surface area contributed by atoms with Crippen molar-refractivity contribution in [3.8, 4) is 0 Å². The molecule has 0 radical (unpaired) electrons. The number of aryl methyl sites for hydroxylation is 1. The first-order valence-electron chi connectivity index (χ1n) is 6.33. The standard InChI is InChI=1S/C14H20N2S/c1-3-11-5-7-12(8-6-11)9-15-14-16-13(4-2)10-17-14/h5-8,13H,3-4,9-10H2,1-2H3,(H,15,16). The fourth-order valence-corrected chi connectivity index (χ4v) is 2.88. The van der Waals surface area contributed by atoms with Gasteiger partial charge in [0.25, 0.3) is 0 Å². The van der Waals surface area contributed by atoms with Gasteiger partial charge in [-0.3, -0.25) is 4.99 Å². The average molecular weight is 248 g/mol. The average Bonchev–Trinajstić information content (AvgIpc) is 2.85. The van der Waals surface area contributed by atoms with Gasteiger partial charge in [0.2, 0.25) is 0 Å². The molecule has 1 N–H and O–H groups in total. The molecule has 2 rings (SSSR count). The number of nitrogens with zero attached hydrogens (tertiary/aromatic N) is 1. The van der Waals surface area contributed by atoms with Gasteiger partial charge in [0.15, 0.2) is 5.17 Å². The minimum absolute atomic E-state index is 0.612. The number of hydrogen-bond donors (Lipinski definition) is 1. The molecule has 1 aliphatic heterocycles. The maximum absolute atomic E-state index is 4.62. The van der Waals surface area contributed by atoms with E-state index in [0.29, 0.717) is 6.04 Å². The molecule has 0 aromatic heterocycles. The summed E-state index contributed by atoms with van der Waals surface area (Å²) >= 11 is 1.84. The Balaban J connectivity index is 1.90. The number of rotatable bonds is 4. The third-order valence-electron chi connectivity index (χ3n) is 3.08. The third-order valence-corrected chi connectivity index (χ3v) is 4.17. The van der Waals surface area contributed by atoms with E-state index in [0.717, 1.165) is 23.9 Å². The van der Waals surface area contributed by atoms with Crippen molar-refractivity contribution in [2.75, 3.05) is 5.75 Å². The molecule has 0 saturated carbocycles. The molecular formula is C14H20N2S. The number of aliphatic imine (C=N–C) groups is 1. The molecule has 3 heteroatoms. The predicted octanol–water partition coefficient (Wildman–Crippen LogP) is 3.22. The van der Waals surface area contributed by atoms with E-state index in [9.17, 15) is 0 Å². The van der Waals surface area contributed by atoms with Gasteiger partial charge in [0.1, 0.15) is 0 Å². The topological polar surface area (TPSA) is 24.4 Å². The van der Waals surface area contributed by atoms with Crippen LogP contribution in [0.1, 0.15) is 31.4 Å². The SMILES string of the molecule is CCc1ccc(CN=C2NC(CC)CS2)cc1. The van der Waals surface area contributed by atoms with Gasteiger partial charge in [-0.05, 0) is 24.0 Å². The summed E-state index contributed by atoms with van der Waals surface area (Å²) in [5, 5.41) is 4.55. The Morgan fingerprint density at radius 2 is 1.94 bits per heavy atom. The van der Waals surface area contributed by atoms with E-state index in [4.69, 9.17) is 0 Å². The smallest absolute Gasteiger partial charge is 0.157 e. The van der Waals surface area contributed by atoms with Crippen LogP contribution in [0, 0.1) is 0 Å². The Hall–Kier alpha value is -0.960. The highest BCUT2D eigenvalue weighted by Crippen LogP contribution is 2.16. The first kappa shape index (κ1) is 12.5. The van der Waals surface area contributed by atoms with Gasteiger partial charge in [-0.15, -0.1) is 0 Å². The minimum Gasteiger partial charge on any atom is -0.361 e. The summed E-state index contributed by atoms with van der Waals surface area (Å²) in [7, 11) is 0. The van der Waals surface area contributed by atoms with Crippen molar-refractivity contribution < 1.29 is 0 Å². The van der Waals surface area contributed by atoms with Crippen LogP contribution < -0.4 is 5.32 Å². The van der Waals surface area contributed by atoms with E-state index in [2.05, 4.69) is 48.4 Å². The number of thioether (sulfide) groups is 1. The number of benzene rings is 1. The molecule has 1 aliphatic rings. The Morgan fingerprint density at radius 1 is 1.24 bits per heavy atom. The monoisotopic (exact) mass is 248 g/mol. The highest BCUT2D eigenvalue weighted by atomic mass is 32.2. The van der Waals surface area contributed by atoms with Crippen molar-refractivity contribution in [3.05, 3.63) is 35.4 Å². The summed E-state index contributed by atoms with van der Waals surface area (Å²) in [6.07, 6.45) is 2.28. The van der Waals surface area contributed by atoms with Gasteiger partial charge >= 0.3 is 0 Å². The lowest BCUT2D eigenvalue weighted by Crippen LogP contribution is -2.25. The molecule has 0 spiro atoms. The summed E-state index contributed by atoms with van der Waals surface area (Å²) in [6, 6.07) is 9.36. The minimum atomic E-state index is 0.612. The van der Waals surface area contributed by atoms with Crippen molar-refractivity contribution in [2.24, 2.45) is 4.99 Å². The van der Waals surface area contributed by atoms with Crippen molar-refractivity contribution in [1.29, 1.82) is 0 Å². The van der Waals surface area contributed by atoms with E-state index in [1.165, 1.54) is 17.5 Å². The Morgan fingerprint density at radius 3 is 2.53 bits per heavy atom. The van der Waals surface area contributed by atoms with Crippen molar-refractivity contribution in [3.63, 3.8) is 0 Å². The van der Waals surface area contributed by atoms with Crippen molar-refractivity contribution in [2.45, 2.75) is 39.3 Å². The van der Waals surface area contributed by atoms with E-state index in [1.807, 2.05) is 11.8 Å². The summed E-state index contributed by atoms with van der Waals surface area (Å²) in [5.74, 6) is 1.16. The number of nitrogens with one attached hydrogen (secondary N) is 1. The summed E-state index contributed by atoms with van der Waals surface area (Å²) < 4.78 is 0. The van der Waals surface area contributed by atoms with Crippen molar-refractivity contribution in [1.82, 2.24) is 5.32 Å². The second-order valence-corrected chi connectivity index (χ2v) is 5.36. The molecule has 1 unspecified atom stereocenters. The molecule has 0 aliphatic carbocycles. The maximum Gasteiger partial charge on any atom is 0.157 e. The quantitative estimate of drug-likeness (QED) is 0.884. The maximum atomic E-state index is 4.62. The van der Waals surface area contributed by atoms with Crippen LogP contribution in [0.2, 0.25) is 0 Å². The van der Waals surface area contributed by atoms with Gasteiger partial charge < -0.3 is 5.32 Å². The predicted molar refractivity (Wildman–Crippen MR) is 76.6 cm³/mol. The van der Waals surface area contributed by atoms with E-state index < -0.39 is 0 Å². The highest BCUT2D eigenvalue weighted by Gasteiger charge is 2.17. The highest BCUT2D eigenvalue weighted by molar-refractivity contribution is 8.14. The number of hydrogen-bond acceptors (Lipinski definition) is 2. The molecule has 0 amide bonds. The lowest BCUT2D eigenvalue weighted by atomic mass is 10.1. The van der Waals surface area contributed by atoms with Crippen LogP contribution in [0.5, 0.6) is 0 Å². The normalized spacial score (nSPS) is 21.8.